The van der Waals surface area contributed by atoms with Gasteiger partial charge in [0.2, 0.25) is 5.75 Å². The Hall–Kier alpha value is -3.28. The number of ether oxygens (including phenoxy) is 2. The molecule has 24 heavy (non-hydrogen) atoms. The number of rotatable bonds is 5. The summed E-state index contributed by atoms with van der Waals surface area (Å²) in [6.45, 7) is 0.498. The highest BCUT2D eigenvalue weighted by Gasteiger charge is 2.16. The Morgan fingerprint density at radius 3 is 2.62 bits per heavy atom. The molecule has 0 spiro atoms. The molecule has 0 aliphatic rings. The Kier molecular flexibility index (Phi) is 4.20. The number of hydrogen-bond acceptors (Lipinski definition) is 5. The van der Waals surface area contributed by atoms with E-state index in [4.69, 9.17) is 4.74 Å². The Morgan fingerprint density at radius 1 is 1.17 bits per heavy atom. The fourth-order valence-electron chi connectivity index (χ4n) is 2.46. The van der Waals surface area contributed by atoms with E-state index in [1.165, 1.54) is 11.6 Å². The molecule has 2 aromatic carbocycles. The van der Waals surface area contributed by atoms with Crippen LogP contribution in [0.4, 0.5) is 0 Å². The number of nitrogens with zero attached hydrogens (tertiary/aromatic N) is 1. The van der Waals surface area contributed by atoms with Crippen molar-refractivity contribution in [3.8, 4) is 17.2 Å². The van der Waals surface area contributed by atoms with Gasteiger partial charge in [-0.15, -0.1) is 0 Å². The lowest BCUT2D eigenvalue weighted by molar-refractivity contribution is -0.120. The van der Waals surface area contributed by atoms with Crippen LogP contribution < -0.4 is 15.0 Å². The van der Waals surface area contributed by atoms with Crippen molar-refractivity contribution >= 4 is 17.4 Å². The summed E-state index contributed by atoms with van der Waals surface area (Å²) < 4.78 is 11.6. The molecule has 0 radical (unpaired) electrons. The third-order valence-corrected chi connectivity index (χ3v) is 3.71. The van der Waals surface area contributed by atoms with Crippen molar-refractivity contribution in [1.82, 2.24) is 4.57 Å². The summed E-state index contributed by atoms with van der Waals surface area (Å²) in [6, 6.07) is 14.6. The van der Waals surface area contributed by atoms with Gasteiger partial charge < -0.3 is 19.1 Å². The second kappa shape index (κ2) is 6.45. The summed E-state index contributed by atoms with van der Waals surface area (Å²) in [6.07, 6.45) is 0. The molecular weight excluding hydrogens is 310 g/mol. The van der Waals surface area contributed by atoms with Crippen molar-refractivity contribution in [2.45, 2.75) is 6.61 Å². The van der Waals surface area contributed by atoms with Crippen molar-refractivity contribution in [1.29, 1.82) is 0 Å². The van der Waals surface area contributed by atoms with E-state index in [9.17, 15) is 14.7 Å². The van der Waals surface area contributed by atoms with Crippen LogP contribution in [-0.4, -0.2) is 16.1 Å². The molecule has 6 nitrogen and oxygen atoms in total. The van der Waals surface area contributed by atoms with Crippen molar-refractivity contribution in [3.05, 3.63) is 64.4 Å². The number of carbonyl (C=O) groups excluding carboxylic acids is 1. The van der Waals surface area contributed by atoms with E-state index in [1.807, 2.05) is 30.3 Å². The average molecular weight is 325 g/mol. The van der Waals surface area contributed by atoms with Crippen LogP contribution in [0.1, 0.15) is 5.56 Å². The van der Waals surface area contributed by atoms with Gasteiger partial charge in [0.05, 0.1) is 5.52 Å². The largest absolute Gasteiger partial charge is 0.504 e. The van der Waals surface area contributed by atoms with E-state index in [1.54, 1.807) is 18.2 Å². The Labute approximate surface area is 137 Å². The fourth-order valence-corrected chi connectivity index (χ4v) is 2.46. The van der Waals surface area contributed by atoms with Gasteiger partial charge in [-0.3, -0.25) is 9.59 Å². The molecule has 0 fully saturated rings. The minimum Gasteiger partial charge on any atom is -0.504 e. The van der Waals surface area contributed by atoms with Crippen LogP contribution >= 0.6 is 0 Å². The molecule has 6 heteroatoms. The summed E-state index contributed by atoms with van der Waals surface area (Å²) >= 11 is 0. The van der Waals surface area contributed by atoms with E-state index in [0.717, 1.165) is 5.56 Å². The van der Waals surface area contributed by atoms with E-state index in [2.05, 4.69) is 4.74 Å². The zero-order valence-electron chi connectivity index (χ0n) is 12.9. The molecule has 0 saturated carbocycles. The molecule has 0 amide bonds. The van der Waals surface area contributed by atoms with Gasteiger partial charge in [0.25, 0.3) is 12.0 Å². The van der Waals surface area contributed by atoms with Gasteiger partial charge in [0.1, 0.15) is 12.4 Å². The first-order chi connectivity index (χ1) is 11.6. The van der Waals surface area contributed by atoms with Crippen molar-refractivity contribution in [3.63, 3.8) is 0 Å². The first-order valence-corrected chi connectivity index (χ1v) is 7.24. The maximum absolute atomic E-state index is 12.2. The smallest absolute Gasteiger partial charge is 0.298 e. The first-order valence-electron chi connectivity index (χ1n) is 7.24. The van der Waals surface area contributed by atoms with Gasteiger partial charge in [-0.05, 0) is 17.7 Å². The van der Waals surface area contributed by atoms with E-state index in [0.29, 0.717) is 23.3 Å². The molecule has 1 N–H and O–H groups in total. The number of pyridine rings is 1. The quantitative estimate of drug-likeness (QED) is 0.729. The molecule has 0 saturated heterocycles. The van der Waals surface area contributed by atoms with Crippen LogP contribution in [0.15, 0.2) is 53.3 Å². The van der Waals surface area contributed by atoms with E-state index < -0.39 is 11.3 Å². The molecule has 0 atom stereocenters. The number of aryl methyl sites for hydroxylation is 1. The minimum absolute atomic E-state index is 0.111. The standard InChI is InChI=1S/C18H15NO5/c1-19-15-9-13(23-10-12-5-3-2-4-6-12)7-8-14(15)16(21)17(18(19)22)24-11-20/h2-9,11,21H,10H2,1H3. The Bertz CT molecular complexity index is 947. The maximum Gasteiger partial charge on any atom is 0.298 e. The fraction of sp³-hybridized carbons (Fsp3) is 0.111. The number of aromatic nitrogens is 1. The number of fused-ring (bicyclic) bond motifs is 1. The molecule has 0 unspecified atom stereocenters. The van der Waals surface area contributed by atoms with Crippen molar-refractivity contribution in [2.24, 2.45) is 7.05 Å². The van der Waals surface area contributed by atoms with Gasteiger partial charge >= 0.3 is 0 Å². The summed E-state index contributed by atoms with van der Waals surface area (Å²) in [5.74, 6) is -0.197. The Balaban J connectivity index is 1.99. The molecule has 0 aliphatic carbocycles. The zero-order valence-corrected chi connectivity index (χ0v) is 12.9. The molecule has 0 bridgehead atoms. The highest BCUT2D eigenvalue weighted by Crippen LogP contribution is 2.32. The van der Waals surface area contributed by atoms with Gasteiger partial charge in [0.15, 0.2) is 5.75 Å². The molecule has 1 aromatic heterocycles. The summed E-state index contributed by atoms with van der Waals surface area (Å²) in [4.78, 5) is 22.7. The molecule has 3 aromatic rings. The SMILES string of the molecule is Cn1c(=O)c(OC=O)c(O)c2ccc(OCc3ccccc3)cc21. The minimum atomic E-state index is -0.604. The van der Waals surface area contributed by atoms with Crippen LogP contribution in [0.3, 0.4) is 0 Å². The number of aromatic hydroxyl groups is 1. The molecule has 3 rings (SSSR count). The van der Waals surface area contributed by atoms with E-state index >= 15 is 0 Å². The second-order valence-electron chi connectivity index (χ2n) is 5.21. The number of carbonyl (C=O) groups is 1. The summed E-state index contributed by atoms with van der Waals surface area (Å²) in [5, 5.41) is 10.5. The van der Waals surface area contributed by atoms with Gasteiger partial charge in [-0.25, -0.2) is 0 Å². The highest BCUT2D eigenvalue weighted by atomic mass is 16.5. The molecule has 1 heterocycles. The monoisotopic (exact) mass is 325 g/mol. The van der Waals surface area contributed by atoms with Crippen LogP contribution in [0.5, 0.6) is 17.2 Å². The van der Waals surface area contributed by atoms with Crippen LogP contribution in [-0.2, 0) is 18.4 Å². The lowest BCUT2D eigenvalue weighted by Gasteiger charge is -2.12. The lowest BCUT2D eigenvalue weighted by atomic mass is 10.1. The van der Waals surface area contributed by atoms with E-state index in [-0.39, 0.29) is 12.2 Å². The average Bonchev–Trinajstić information content (AvgIpc) is 2.62. The number of benzene rings is 2. The highest BCUT2D eigenvalue weighted by molar-refractivity contribution is 5.88. The molecule has 0 aliphatic heterocycles. The molecular formula is C18H15NO5. The third kappa shape index (κ3) is 2.81. The van der Waals surface area contributed by atoms with Gasteiger partial charge in [0, 0.05) is 18.5 Å². The van der Waals surface area contributed by atoms with Crippen molar-refractivity contribution < 1.29 is 19.4 Å². The van der Waals surface area contributed by atoms with Gasteiger partial charge in [-0.1, -0.05) is 30.3 Å². The number of hydrogen-bond donors (Lipinski definition) is 1. The third-order valence-electron chi connectivity index (χ3n) is 3.71. The second-order valence-corrected chi connectivity index (χ2v) is 5.21. The predicted molar refractivity (Wildman–Crippen MR) is 88.3 cm³/mol. The molecule has 122 valence electrons. The van der Waals surface area contributed by atoms with Gasteiger partial charge in [-0.2, -0.15) is 0 Å². The van der Waals surface area contributed by atoms with Crippen LogP contribution in [0.25, 0.3) is 10.9 Å². The van der Waals surface area contributed by atoms with Crippen LogP contribution in [0, 0.1) is 0 Å². The first kappa shape index (κ1) is 15.6. The maximum atomic E-state index is 12.2. The lowest BCUT2D eigenvalue weighted by Crippen LogP contribution is -2.19. The van der Waals surface area contributed by atoms with Crippen LogP contribution in [0.2, 0.25) is 0 Å². The van der Waals surface area contributed by atoms with Crippen molar-refractivity contribution in [2.75, 3.05) is 0 Å². The predicted octanol–water partition coefficient (Wildman–Crippen LogP) is 2.36. The summed E-state index contributed by atoms with van der Waals surface area (Å²) in [5.41, 5.74) is 0.887. The zero-order chi connectivity index (χ0) is 17.1. The topological polar surface area (TPSA) is 77.8 Å². The normalized spacial score (nSPS) is 10.5. The Morgan fingerprint density at radius 2 is 1.92 bits per heavy atom. The summed E-state index contributed by atoms with van der Waals surface area (Å²) in [7, 11) is 1.53.